The number of carbonyl (C=O) groups excluding carboxylic acids is 9. The minimum atomic E-state index is -1.48. The van der Waals surface area contributed by atoms with E-state index in [4.69, 9.17) is 15.9 Å². The van der Waals surface area contributed by atoms with E-state index in [0.29, 0.717) is 12.8 Å². The zero-order valence-electron chi connectivity index (χ0n) is 28.4. The van der Waals surface area contributed by atoms with Gasteiger partial charge in [0, 0.05) is 19.9 Å². The molecule has 284 valence electrons. The van der Waals surface area contributed by atoms with Crippen LogP contribution >= 0.6 is 0 Å². The monoisotopic (exact) mass is 727 g/mol. The smallest absolute Gasteiger partial charge is 0.322 e. The van der Waals surface area contributed by atoms with Crippen LogP contribution in [0.15, 0.2) is 0 Å². The number of carboxylic acids is 2. The van der Waals surface area contributed by atoms with Gasteiger partial charge in [-0.15, -0.1) is 0 Å². The van der Waals surface area contributed by atoms with Crippen molar-refractivity contribution >= 4 is 65.1 Å². The molecule has 22 nitrogen and oxygen atoms in total. The number of rotatable bonds is 21. The molecule has 0 aromatic carbocycles. The summed E-state index contributed by atoms with van der Waals surface area (Å²) >= 11 is 0. The number of hydrogen-bond acceptors (Lipinski definition) is 11. The van der Waals surface area contributed by atoms with Crippen LogP contribution in [0, 0.1) is 5.92 Å². The summed E-state index contributed by atoms with van der Waals surface area (Å²) < 4.78 is 0. The van der Waals surface area contributed by atoms with Crippen LogP contribution in [0.4, 0.5) is 0 Å². The molecule has 1 fully saturated rings. The van der Waals surface area contributed by atoms with E-state index in [1.54, 1.807) is 13.8 Å². The highest BCUT2D eigenvalue weighted by molar-refractivity contribution is 5.96. The van der Waals surface area contributed by atoms with Crippen LogP contribution in [0.2, 0.25) is 0 Å². The number of aliphatic carboxylic acids is 2. The van der Waals surface area contributed by atoms with Gasteiger partial charge < -0.3 is 58.1 Å². The molecule has 4 atom stereocenters. The maximum Gasteiger partial charge on any atom is 0.322 e. The van der Waals surface area contributed by atoms with E-state index in [9.17, 15) is 52.7 Å². The van der Waals surface area contributed by atoms with Gasteiger partial charge in [0.1, 0.15) is 30.7 Å². The Bertz CT molecular complexity index is 1350. The normalized spacial score (nSPS) is 15.3. The van der Waals surface area contributed by atoms with Gasteiger partial charge in [-0.1, -0.05) is 13.8 Å². The predicted octanol–water partition coefficient (Wildman–Crippen LogP) is -5.60. The second kappa shape index (κ2) is 21.3. The fraction of sp³-hybridized carbons (Fsp3) is 0.621. The molecule has 9 amide bonds. The highest BCUT2D eigenvalue weighted by Crippen LogP contribution is 2.17. The molecular formula is C29H45N9O13. The summed E-state index contributed by atoms with van der Waals surface area (Å²) in [6.45, 7) is 1.89. The van der Waals surface area contributed by atoms with Crippen molar-refractivity contribution in [2.75, 3.05) is 32.7 Å². The van der Waals surface area contributed by atoms with Gasteiger partial charge in [-0.05, 0) is 25.2 Å². The lowest BCUT2D eigenvalue weighted by Gasteiger charge is -2.25. The van der Waals surface area contributed by atoms with Crippen molar-refractivity contribution in [3.63, 3.8) is 0 Å². The predicted molar refractivity (Wildman–Crippen MR) is 171 cm³/mol. The molecule has 0 bridgehead atoms. The number of nitrogens with zero attached hydrogens (tertiary/aromatic N) is 1. The summed E-state index contributed by atoms with van der Waals surface area (Å²) in [5.74, 6) is -10.3. The van der Waals surface area contributed by atoms with E-state index < -0.39 is 141 Å². The highest BCUT2D eigenvalue weighted by Gasteiger charge is 2.35. The van der Waals surface area contributed by atoms with Crippen molar-refractivity contribution in [1.82, 2.24) is 42.1 Å². The van der Waals surface area contributed by atoms with Crippen LogP contribution in [0.1, 0.15) is 52.9 Å². The van der Waals surface area contributed by atoms with E-state index in [0.717, 1.165) is 6.92 Å². The van der Waals surface area contributed by atoms with E-state index in [1.807, 2.05) is 0 Å². The quantitative estimate of drug-likeness (QED) is 0.0528. The second-order valence-corrected chi connectivity index (χ2v) is 11.8. The molecule has 0 aromatic rings. The number of likely N-dealkylation sites (tertiary alicyclic amines) is 1. The molecular weight excluding hydrogens is 682 g/mol. The van der Waals surface area contributed by atoms with Crippen molar-refractivity contribution in [2.24, 2.45) is 11.7 Å². The van der Waals surface area contributed by atoms with Crippen molar-refractivity contribution < 1.29 is 63.0 Å². The van der Waals surface area contributed by atoms with Gasteiger partial charge in [0.05, 0.1) is 26.1 Å². The lowest BCUT2D eigenvalue weighted by Crippen LogP contribution is -2.55. The largest absolute Gasteiger partial charge is 0.481 e. The lowest BCUT2D eigenvalue weighted by atomic mass is 10.0. The summed E-state index contributed by atoms with van der Waals surface area (Å²) in [5, 5.41) is 33.7. The fourth-order valence-corrected chi connectivity index (χ4v) is 4.77. The summed E-state index contributed by atoms with van der Waals surface area (Å²) in [5.41, 5.74) is 5.07. The molecule has 1 rings (SSSR count). The summed E-state index contributed by atoms with van der Waals surface area (Å²) in [7, 11) is 0. The van der Waals surface area contributed by atoms with Crippen LogP contribution < -0.4 is 43.0 Å². The van der Waals surface area contributed by atoms with Crippen LogP contribution in [-0.2, 0) is 52.7 Å². The summed E-state index contributed by atoms with van der Waals surface area (Å²) in [6, 6.07) is -4.95. The molecule has 0 aromatic heterocycles. The standard InChI is InChI=1S/C29H45N9O13/c1-14(2)25(29(51)33-12-22(43)38-8-4-5-18(38)28(50)34-13-24(46)47)37-21(42)11-31-26(48)16(6-7-23(44)45)36-20(41)10-32-27(49)17(9-19(30)40)35-15(3)39/h14,16-18,25H,4-13H2,1-3H3,(H2,30,40)(H,31,48)(H,32,49)(H,33,51)(H,34,50)(H,35,39)(H,36,41)(H,37,42)(H,44,45)(H,46,47)/t16-,17?,18?,25?/m0/s1. The maximum absolute atomic E-state index is 12.9. The molecule has 22 heteroatoms. The van der Waals surface area contributed by atoms with Crippen molar-refractivity contribution in [3.05, 3.63) is 0 Å². The zero-order valence-corrected chi connectivity index (χ0v) is 28.4. The summed E-state index contributed by atoms with van der Waals surface area (Å²) in [4.78, 5) is 134. The summed E-state index contributed by atoms with van der Waals surface area (Å²) in [6.07, 6.45) is -0.759. The first-order valence-corrected chi connectivity index (χ1v) is 15.8. The van der Waals surface area contributed by atoms with Gasteiger partial charge in [0.15, 0.2) is 0 Å². The number of nitrogens with two attached hydrogens (primary N) is 1. The Kier molecular flexibility index (Phi) is 18.0. The van der Waals surface area contributed by atoms with Crippen molar-refractivity contribution in [1.29, 1.82) is 0 Å². The van der Waals surface area contributed by atoms with Crippen molar-refractivity contribution in [2.45, 2.75) is 77.0 Å². The molecule has 1 aliphatic heterocycles. The highest BCUT2D eigenvalue weighted by atomic mass is 16.4. The Morgan fingerprint density at radius 1 is 0.725 bits per heavy atom. The third-order valence-corrected chi connectivity index (χ3v) is 7.21. The topological polar surface area (TPSA) is 342 Å². The molecule has 0 radical (unpaired) electrons. The minimum absolute atomic E-state index is 0.211. The van der Waals surface area contributed by atoms with Crippen LogP contribution in [0.3, 0.4) is 0 Å². The molecule has 0 aliphatic carbocycles. The Morgan fingerprint density at radius 3 is 1.82 bits per heavy atom. The van der Waals surface area contributed by atoms with Crippen LogP contribution in [0.25, 0.3) is 0 Å². The van der Waals surface area contributed by atoms with Crippen LogP contribution in [0.5, 0.6) is 0 Å². The zero-order chi connectivity index (χ0) is 38.8. The van der Waals surface area contributed by atoms with Gasteiger partial charge >= 0.3 is 11.9 Å². The molecule has 1 heterocycles. The van der Waals surface area contributed by atoms with E-state index in [2.05, 4.69) is 37.2 Å². The SMILES string of the molecule is CC(=O)NC(CC(N)=O)C(=O)NCC(=O)N[C@@H](CCC(=O)O)C(=O)NCC(=O)NC(C(=O)NCC(=O)N1CCCC1C(=O)NCC(=O)O)C(C)C. The van der Waals surface area contributed by atoms with Gasteiger partial charge in [-0.25, -0.2) is 0 Å². The molecule has 3 unspecified atom stereocenters. The number of carbonyl (C=O) groups is 11. The first-order chi connectivity index (χ1) is 23.8. The molecule has 1 saturated heterocycles. The Hall–Kier alpha value is -5.83. The molecule has 0 saturated carbocycles. The molecule has 1 aliphatic rings. The first kappa shape index (κ1) is 43.2. The van der Waals surface area contributed by atoms with Gasteiger partial charge in [0.2, 0.25) is 53.2 Å². The van der Waals surface area contributed by atoms with Crippen LogP contribution in [-0.4, -0.2) is 137 Å². The third-order valence-electron chi connectivity index (χ3n) is 7.21. The minimum Gasteiger partial charge on any atom is -0.481 e. The third kappa shape index (κ3) is 16.4. The number of nitrogens with one attached hydrogen (secondary N) is 7. The molecule has 11 N–H and O–H groups in total. The maximum atomic E-state index is 12.9. The molecule has 51 heavy (non-hydrogen) atoms. The van der Waals surface area contributed by atoms with Gasteiger partial charge in [-0.2, -0.15) is 0 Å². The van der Waals surface area contributed by atoms with Gasteiger partial charge in [-0.3, -0.25) is 52.7 Å². The van der Waals surface area contributed by atoms with E-state index >= 15 is 0 Å². The second-order valence-electron chi connectivity index (χ2n) is 11.8. The number of hydrogen-bond donors (Lipinski definition) is 10. The lowest BCUT2D eigenvalue weighted by molar-refractivity contribution is -0.141. The number of amides is 9. The van der Waals surface area contributed by atoms with E-state index in [1.165, 1.54) is 4.90 Å². The Morgan fingerprint density at radius 2 is 1.29 bits per heavy atom. The first-order valence-electron chi connectivity index (χ1n) is 15.8. The average Bonchev–Trinajstić information content (AvgIpc) is 3.54. The average molecular weight is 728 g/mol. The van der Waals surface area contributed by atoms with Gasteiger partial charge in [0.25, 0.3) is 0 Å². The van der Waals surface area contributed by atoms with E-state index in [-0.39, 0.29) is 6.54 Å². The molecule has 0 spiro atoms. The number of carboxylic acid groups (broad SMARTS) is 2. The Balaban J connectivity index is 2.75. The van der Waals surface area contributed by atoms with Crippen molar-refractivity contribution in [3.8, 4) is 0 Å². The number of primary amides is 1. The fourth-order valence-electron chi connectivity index (χ4n) is 4.77. The Labute approximate surface area is 291 Å².